The Hall–Kier alpha value is -0.760. The number of hydrogen-bond acceptors (Lipinski definition) is 2. The van der Waals surface area contributed by atoms with Crippen molar-refractivity contribution in [2.75, 3.05) is 7.05 Å². The molecule has 2 heteroatoms. The van der Waals surface area contributed by atoms with Crippen molar-refractivity contribution in [3.8, 4) is 0 Å². The monoisotopic (exact) mass is 249 g/mol. The van der Waals surface area contributed by atoms with Gasteiger partial charge in [0.25, 0.3) is 0 Å². The fraction of sp³-hybridized carbons (Fsp3) is 0.750. The largest absolute Gasteiger partial charge is 0.468 e. The van der Waals surface area contributed by atoms with Gasteiger partial charge in [-0.1, -0.05) is 20.8 Å². The van der Waals surface area contributed by atoms with Gasteiger partial charge in [-0.05, 0) is 62.1 Å². The van der Waals surface area contributed by atoms with Gasteiger partial charge in [-0.15, -0.1) is 0 Å². The molecular weight excluding hydrogens is 222 g/mol. The van der Waals surface area contributed by atoms with E-state index in [0.717, 1.165) is 17.6 Å². The minimum atomic E-state index is 0.390. The van der Waals surface area contributed by atoms with Crippen molar-refractivity contribution in [3.63, 3.8) is 0 Å². The molecule has 0 saturated heterocycles. The van der Waals surface area contributed by atoms with Crippen LogP contribution in [-0.2, 0) is 0 Å². The molecule has 0 amide bonds. The first-order chi connectivity index (χ1) is 8.52. The third kappa shape index (κ3) is 2.97. The van der Waals surface area contributed by atoms with Crippen LogP contribution in [0.15, 0.2) is 22.8 Å². The van der Waals surface area contributed by atoms with Gasteiger partial charge in [0, 0.05) is 0 Å². The average Bonchev–Trinajstić information content (AvgIpc) is 2.83. The highest BCUT2D eigenvalue weighted by atomic mass is 16.3. The SMILES string of the molecule is CNC(c1ccco1)C1CCC(C(C)(C)C)CC1. The third-order valence-corrected chi connectivity index (χ3v) is 4.63. The highest BCUT2D eigenvalue weighted by Crippen LogP contribution is 2.43. The summed E-state index contributed by atoms with van der Waals surface area (Å²) in [5.41, 5.74) is 0.463. The number of hydrogen-bond donors (Lipinski definition) is 1. The van der Waals surface area contributed by atoms with Crippen LogP contribution in [0.3, 0.4) is 0 Å². The average molecular weight is 249 g/mol. The maximum absolute atomic E-state index is 5.57. The summed E-state index contributed by atoms with van der Waals surface area (Å²) < 4.78 is 5.57. The molecule has 1 saturated carbocycles. The molecule has 1 fully saturated rings. The first-order valence-electron chi connectivity index (χ1n) is 7.23. The number of nitrogens with one attached hydrogen (secondary N) is 1. The minimum Gasteiger partial charge on any atom is -0.468 e. The fourth-order valence-corrected chi connectivity index (χ4v) is 3.40. The Labute approximate surface area is 111 Å². The summed E-state index contributed by atoms with van der Waals surface area (Å²) in [6.07, 6.45) is 7.11. The second-order valence-corrected chi connectivity index (χ2v) is 6.76. The summed E-state index contributed by atoms with van der Waals surface area (Å²) in [5.74, 6) is 2.69. The Morgan fingerprint density at radius 2 is 1.89 bits per heavy atom. The van der Waals surface area contributed by atoms with Gasteiger partial charge >= 0.3 is 0 Å². The van der Waals surface area contributed by atoms with Gasteiger partial charge in [-0.25, -0.2) is 0 Å². The minimum absolute atomic E-state index is 0.390. The summed E-state index contributed by atoms with van der Waals surface area (Å²) in [7, 11) is 2.04. The van der Waals surface area contributed by atoms with Crippen LogP contribution in [0.1, 0.15) is 58.3 Å². The van der Waals surface area contributed by atoms with E-state index in [2.05, 4.69) is 32.2 Å². The molecule has 2 nitrogen and oxygen atoms in total. The van der Waals surface area contributed by atoms with E-state index in [1.165, 1.54) is 25.7 Å². The fourth-order valence-electron chi connectivity index (χ4n) is 3.40. The Morgan fingerprint density at radius 3 is 2.33 bits per heavy atom. The van der Waals surface area contributed by atoms with Crippen molar-refractivity contribution in [2.24, 2.45) is 17.3 Å². The van der Waals surface area contributed by atoms with E-state index >= 15 is 0 Å². The molecule has 0 aromatic carbocycles. The molecule has 1 aromatic rings. The standard InChI is InChI=1S/C16H27NO/c1-16(2,3)13-9-7-12(8-10-13)15(17-4)14-6-5-11-18-14/h5-6,11-13,15,17H,7-10H2,1-4H3. The van der Waals surface area contributed by atoms with Crippen LogP contribution in [0.5, 0.6) is 0 Å². The topological polar surface area (TPSA) is 25.2 Å². The van der Waals surface area contributed by atoms with Crippen LogP contribution >= 0.6 is 0 Å². The molecule has 1 aliphatic rings. The normalized spacial score (nSPS) is 27.1. The molecule has 2 rings (SSSR count). The van der Waals surface area contributed by atoms with Crippen LogP contribution in [-0.4, -0.2) is 7.05 Å². The van der Waals surface area contributed by atoms with Crippen molar-refractivity contribution in [1.82, 2.24) is 5.32 Å². The van der Waals surface area contributed by atoms with Crippen molar-refractivity contribution < 1.29 is 4.42 Å². The van der Waals surface area contributed by atoms with E-state index in [0.29, 0.717) is 11.5 Å². The van der Waals surface area contributed by atoms with Crippen LogP contribution in [0.25, 0.3) is 0 Å². The zero-order chi connectivity index (χ0) is 13.2. The summed E-state index contributed by atoms with van der Waals surface area (Å²) >= 11 is 0. The first-order valence-corrected chi connectivity index (χ1v) is 7.23. The molecule has 102 valence electrons. The molecule has 1 aromatic heterocycles. The predicted octanol–water partition coefficient (Wildman–Crippen LogP) is 4.39. The highest BCUT2D eigenvalue weighted by molar-refractivity contribution is 5.06. The van der Waals surface area contributed by atoms with E-state index in [9.17, 15) is 0 Å². The van der Waals surface area contributed by atoms with Gasteiger partial charge in [0.15, 0.2) is 0 Å². The molecule has 1 heterocycles. The quantitative estimate of drug-likeness (QED) is 0.859. The molecule has 1 atom stereocenters. The Kier molecular flexibility index (Phi) is 4.16. The lowest BCUT2D eigenvalue weighted by Gasteiger charge is -2.39. The lowest BCUT2D eigenvalue weighted by molar-refractivity contribution is 0.129. The van der Waals surface area contributed by atoms with Crippen molar-refractivity contribution in [2.45, 2.75) is 52.5 Å². The van der Waals surface area contributed by atoms with Crippen LogP contribution in [0.4, 0.5) is 0 Å². The first kappa shape index (κ1) is 13.7. The lowest BCUT2D eigenvalue weighted by atomic mass is 9.68. The molecule has 0 spiro atoms. The molecule has 1 unspecified atom stereocenters. The van der Waals surface area contributed by atoms with Crippen LogP contribution in [0, 0.1) is 17.3 Å². The predicted molar refractivity (Wildman–Crippen MR) is 75.4 cm³/mol. The smallest absolute Gasteiger partial charge is 0.120 e. The van der Waals surface area contributed by atoms with Gasteiger partial charge in [-0.2, -0.15) is 0 Å². The number of furan rings is 1. The van der Waals surface area contributed by atoms with E-state index in [-0.39, 0.29) is 0 Å². The van der Waals surface area contributed by atoms with Gasteiger partial charge in [0.05, 0.1) is 12.3 Å². The zero-order valence-electron chi connectivity index (χ0n) is 12.2. The lowest BCUT2D eigenvalue weighted by Crippen LogP contribution is -2.32. The zero-order valence-corrected chi connectivity index (χ0v) is 12.2. The summed E-state index contributed by atoms with van der Waals surface area (Å²) in [5, 5.41) is 3.43. The maximum atomic E-state index is 5.57. The summed E-state index contributed by atoms with van der Waals surface area (Å²) in [4.78, 5) is 0. The van der Waals surface area contributed by atoms with Crippen molar-refractivity contribution >= 4 is 0 Å². The van der Waals surface area contributed by atoms with E-state index in [4.69, 9.17) is 4.42 Å². The van der Waals surface area contributed by atoms with E-state index in [1.807, 2.05) is 13.1 Å². The molecule has 0 aliphatic heterocycles. The summed E-state index contributed by atoms with van der Waals surface area (Å²) in [6.45, 7) is 7.13. The Balaban J connectivity index is 1.96. The molecule has 18 heavy (non-hydrogen) atoms. The number of rotatable bonds is 3. The van der Waals surface area contributed by atoms with E-state index in [1.54, 1.807) is 6.26 Å². The Morgan fingerprint density at radius 1 is 1.22 bits per heavy atom. The molecule has 0 radical (unpaired) electrons. The van der Waals surface area contributed by atoms with Gasteiger partial charge in [0.2, 0.25) is 0 Å². The summed E-state index contributed by atoms with van der Waals surface area (Å²) in [6, 6.07) is 4.47. The van der Waals surface area contributed by atoms with E-state index < -0.39 is 0 Å². The van der Waals surface area contributed by atoms with Gasteiger partial charge in [-0.3, -0.25) is 0 Å². The molecular formula is C16H27NO. The Bertz CT molecular complexity index is 342. The second kappa shape index (κ2) is 5.48. The highest BCUT2D eigenvalue weighted by Gasteiger charge is 2.33. The van der Waals surface area contributed by atoms with Gasteiger partial charge in [0.1, 0.15) is 5.76 Å². The van der Waals surface area contributed by atoms with Crippen LogP contribution < -0.4 is 5.32 Å². The van der Waals surface area contributed by atoms with Gasteiger partial charge < -0.3 is 9.73 Å². The molecule has 1 aliphatic carbocycles. The maximum Gasteiger partial charge on any atom is 0.120 e. The van der Waals surface area contributed by atoms with Crippen molar-refractivity contribution in [3.05, 3.63) is 24.2 Å². The molecule has 0 bridgehead atoms. The van der Waals surface area contributed by atoms with Crippen LogP contribution in [0.2, 0.25) is 0 Å². The second-order valence-electron chi connectivity index (χ2n) is 6.76. The molecule has 1 N–H and O–H groups in total. The third-order valence-electron chi connectivity index (χ3n) is 4.63. The van der Waals surface area contributed by atoms with Crippen molar-refractivity contribution in [1.29, 1.82) is 0 Å².